The maximum atomic E-state index is 13.0. The van der Waals surface area contributed by atoms with Crippen molar-refractivity contribution in [1.82, 2.24) is 20.5 Å². The fourth-order valence-corrected chi connectivity index (χ4v) is 4.64. The van der Waals surface area contributed by atoms with Crippen LogP contribution in [-0.4, -0.2) is 61.7 Å². The van der Waals surface area contributed by atoms with Gasteiger partial charge < -0.3 is 20.3 Å². The van der Waals surface area contributed by atoms with Crippen molar-refractivity contribution in [3.05, 3.63) is 48.2 Å². The Kier molecular flexibility index (Phi) is 6.65. The minimum absolute atomic E-state index is 0.0620. The fourth-order valence-electron chi connectivity index (χ4n) is 4.64. The number of aromatic nitrogens is 1. The van der Waals surface area contributed by atoms with Crippen LogP contribution in [-0.2, 0) is 4.79 Å². The number of nitrogens with one attached hydrogen (secondary N) is 2. The Morgan fingerprint density at radius 2 is 2.13 bits per heavy atom. The molecule has 30 heavy (non-hydrogen) atoms. The Morgan fingerprint density at radius 3 is 2.87 bits per heavy atom. The van der Waals surface area contributed by atoms with Crippen LogP contribution in [0.3, 0.4) is 0 Å². The highest BCUT2D eigenvalue weighted by Gasteiger charge is 2.34. The number of carbonyl (C=O) groups excluding carboxylic acids is 1. The number of benzene rings is 1. The van der Waals surface area contributed by atoms with Crippen LogP contribution in [0.2, 0.25) is 0 Å². The van der Waals surface area contributed by atoms with Crippen molar-refractivity contribution in [2.45, 2.75) is 31.7 Å². The average molecular weight is 409 g/mol. The number of rotatable bonds is 6. The Balaban J connectivity index is 1.50. The molecule has 0 aliphatic carbocycles. The number of pyridine rings is 1. The fraction of sp³-hybridized carbons (Fsp3) is 0.500. The lowest BCUT2D eigenvalue weighted by molar-refractivity contribution is -0.126. The topological polar surface area (TPSA) is 66.5 Å². The van der Waals surface area contributed by atoms with Gasteiger partial charge in [0.2, 0.25) is 5.91 Å². The normalized spacial score (nSPS) is 24.5. The number of piperidine rings is 1. The lowest BCUT2D eigenvalue weighted by atomic mass is 9.81. The van der Waals surface area contributed by atoms with Crippen LogP contribution in [0.5, 0.6) is 5.75 Å². The number of amides is 1. The molecule has 3 heterocycles. The molecule has 0 spiro atoms. The van der Waals surface area contributed by atoms with Crippen molar-refractivity contribution in [3.8, 4) is 17.0 Å². The maximum Gasteiger partial charge on any atom is 0.225 e. The summed E-state index contributed by atoms with van der Waals surface area (Å²) < 4.78 is 5.75. The Hall–Kier alpha value is -2.44. The van der Waals surface area contributed by atoms with Crippen molar-refractivity contribution in [1.29, 1.82) is 0 Å². The summed E-state index contributed by atoms with van der Waals surface area (Å²) in [7, 11) is 2.11. The number of carbonyl (C=O) groups is 1. The van der Waals surface area contributed by atoms with Gasteiger partial charge in [-0.3, -0.25) is 9.78 Å². The maximum absolute atomic E-state index is 13.0. The van der Waals surface area contributed by atoms with Crippen LogP contribution in [0.15, 0.2) is 42.6 Å². The highest BCUT2D eigenvalue weighted by atomic mass is 16.5. The predicted molar refractivity (Wildman–Crippen MR) is 119 cm³/mol. The summed E-state index contributed by atoms with van der Waals surface area (Å²) in [6.07, 6.45) is 3.92. The van der Waals surface area contributed by atoms with Crippen molar-refractivity contribution in [2.75, 3.05) is 39.8 Å². The van der Waals surface area contributed by atoms with E-state index in [0.29, 0.717) is 13.2 Å². The molecule has 2 N–H and O–H groups in total. The van der Waals surface area contributed by atoms with E-state index in [1.807, 2.05) is 37.4 Å². The number of likely N-dealkylation sites (N-methyl/N-ethyl adjacent to an activating group) is 1. The summed E-state index contributed by atoms with van der Waals surface area (Å²) in [6, 6.07) is 12.4. The zero-order chi connectivity index (χ0) is 20.9. The number of nitrogens with zero attached hydrogens (tertiary/aromatic N) is 2. The van der Waals surface area contributed by atoms with Gasteiger partial charge in [-0.1, -0.05) is 18.2 Å². The van der Waals surface area contributed by atoms with Crippen molar-refractivity contribution >= 4 is 5.91 Å². The molecule has 0 saturated carbocycles. The lowest BCUT2D eigenvalue weighted by Crippen LogP contribution is -2.48. The molecule has 1 aromatic heterocycles. The first-order chi connectivity index (χ1) is 14.7. The third-order valence-corrected chi connectivity index (χ3v) is 6.23. The molecule has 0 radical (unpaired) electrons. The van der Waals surface area contributed by atoms with Gasteiger partial charge in [-0.25, -0.2) is 0 Å². The van der Waals surface area contributed by atoms with E-state index in [0.717, 1.165) is 55.0 Å². The third-order valence-electron chi connectivity index (χ3n) is 6.23. The molecular weight excluding hydrogens is 376 g/mol. The summed E-state index contributed by atoms with van der Waals surface area (Å²) >= 11 is 0. The standard InChI is InChI=1S/C24H32N4O2/c1-3-30-23-7-5-4-6-20(23)22-9-8-17(14-26-22)19-10-12-25-15-21(19)24(29)27-18-11-13-28(2)16-18/h4-9,14,18-19,21,25H,3,10-13,15-16H2,1-2H3,(H,27,29)/t18-,19?,21?/m0/s1. The number of hydrogen-bond donors (Lipinski definition) is 2. The van der Waals surface area contributed by atoms with E-state index in [-0.39, 0.29) is 23.8 Å². The van der Waals surface area contributed by atoms with Crippen LogP contribution < -0.4 is 15.4 Å². The van der Waals surface area contributed by atoms with Crippen LogP contribution >= 0.6 is 0 Å². The summed E-state index contributed by atoms with van der Waals surface area (Å²) in [5.41, 5.74) is 3.03. The molecule has 1 amide bonds. The molecule has 2 fully saturated rings. The molecule has 6 heteroatoms. The Bertz CT molecular complexity index is 855. The molecule has 2 aliphatic heterocycles. The molecule has 6 nitrogen and oxygen atoms in total. The molecule has 2 aliphatic rings. The first-order valence-corrected chi connectivity index (χ1v) is 11.0. The second-order valence-corrected chi connectivity index (χ2v) is 8.37. The highest BCUT2D eigenvalue weighted by Crippen LogP contribution is 2.33. The molecule has 2 unspecified atom stereocenters. The molecule has 3 atom stereocenters. The van der Waals surface area contributed by atoms with E-state index in [9.17, 15) is 4.79 Å². The predicted octanol–water partition coefficient (Wildman–Crippen LogP) is 2.66. The van der Waals surface area contributed by atoms with Gasteiger partial charge in [0.25, 0.3) is 0 Å². The van der Waals surface area contributed by atoms with Gasteiger partial charge in [-0.2, -0.15) is 0 Å². The van der Waals surface area contributed by atoms with Crippen LogP contribution in [0.1, 0.15) is 31.2 Å². The van der Waals surface area contributed by atoms with Crippen LogP contribution in [0.25, 0.3) is 11.3 Å². The zero-order valence-electron chi connectivity index (χ0n) is 17.9. The smallest absolute Gasteiger partial charge is 0.225 e. The Morgan fingerprint density at radius 1 is 1.27 bits per heavy atom. The first kappa shape index (κ1) is 20.8. The molecule has 160 valence electrons. The Labute approximate surface area is 179 Å². The number of likely N-dealkylation sites (tertiary alicyclic amines) is 1. The quantitative estimate of drug-likeness (QED) is 0.769. The highest BCUT2D eigenvalue weighted by molar-refractivity contribution is 5.80. The largest absolute Gasteiger partial charge is 0.493 e. The zero-order valence-corrected chi connectivity index (χ0v) is 17.9. The van der Waals surface area contributed by atoms with Gasteiger partial charge in [0.1, 0.15) is 5.75 Å². The van der Waals surface area contributed by atoms with Gasteiger partial charge in [-0.05, 0) is 69.6 Å². The van der Waals surface area contributed by atoms with Crippen molar-refractivity contribution in [2.24, 2.45) is 5.92 Å². The summed E-state index contributed by atoms with van der Waals surface area (Å²) in [4.78, 5) is 20.0. The van der Waals surface area contributed by atoms with E-state index in [4.69, 9.17) is 9.72 Å². The van der Waals surface area contributed by atoms with Crippen molar-refractivity contribution in [3.63, 3.8) is 0 Å². The number of para-hydroxylation sites is 1. The van der Waals surface area contributed by atoms with Gasteiger partial charge in [0.15, 0.2) is 0 Å². The number of ether oxygens (including phenoxy) is 1. The molecule has 1 aromatic carbocycles. The summed E-state index contributed by atoms with van der Waals surface area (Å²) in [5, 5.41) is 6.68. The SMILES string of the molecule is CCOc1ccccc1-c1ccc(C2CCNCC2C(=O)N[C@H]2CCN(C)C2)cn1. The molecular formula is C24H32N4O2. The molecule has 0 bridgehead atoms. The molecule has 2 aromatic rings. The van der Waals surface area contributed by atoms with Crippen LogP contribution in [0, 0.1) is 5.92 Å². The monoisotopic (exact) mass is 408 g/mol. The van der Waals surface area contributed by atoms with Gasteiger partial charge in [0, 0.05) is 30.9 Å². The first-order valence-electron chi connectivity index (χ1n) is 11.0. The van der Waals surface area contributed by atoms with Crippen LogP contribution in [0.4, 0.5) is 0 Å². The number of hydrogen-bond acceptors (Lipinski definition) is 5. The van der Waals surface area contributed by atoms with E-state index in [1.54, 1.807) is 0 Å². The third kappa shape index (κ3) is 4.65. The molecule has 2 saturated heterocycles. The van der Waals surface area contributed by atoms with E-state index < -0.39 is 0 Å². The van der Waals surface area contributed by atoms with Gasteiger partial charge in [-0.15, -0.1) is 0 Å². The van der Waals surface area contributed by atoms with Gasteiger partial charge in [0.05, 0.1) is 18.2 Å². The second-order valence-electron chi connectivity index (χ2n) is 8.37. The van der Waals surface area contributed by atoms with Gasteiger partial charge >= 0.3 is 0 Å². The average Bonchev–Trinajstić information content (AvgIpc) is 3.19. The lowest BCUT2D eigenvalue weighted by Gasteiger charge is -2.32. The minimum atomic E-state index is -0.0620. The minimum Gasteiger partial charge on any atom is -0.493 e. The summed E-state index contributed by atoms with van der Waals surface area (Å²) in [6.45, 7) is 6.23. The van der Waals surface area contributed by atoms with Crippen molar-refractivity contribution < 1.29 is 9.53 Å². The second kappa shape index (κ2) is 9.58. The van der Waals surface area contributed by atoms with E-state index in [2.05, 4.69) is 34.7 Å². The van der Waals surface area contributed by atoms with E-state index >= 15 is 0 Å². The molecule has 4 rings (SSSR count). The summed E-state index contributed by atoms with van der Waals surface area (Å²) in [5.74, 6) is 1.14. The van der Waals surface area contributed by atoms with E-state index in [1.165, 1.54) is 0 Å².